The lowest BCUT2D eigenvalue weighted by Gasteiger charge is -2.59. The number of methoxy groups -OCH3 is 1. The largest absolute Gasteiger partial charge is 0.493 e. The van der Waals surface area contributed by atoms with Crippen LogP contribution in [-0.2, 0) is 0 Å². The van der Waals surface area contributed by atoms with Crippen LogP contribution in [0.1, 0.15) is 55.8 Å². The van der Waals surface area contributed by atoms with E-state index in [1.165, 1.54) is 63.8 Å². The summed E-state index contributed by atoms with van der Waals surface area (Å²) in [5.41, 5.74) is 0.609. The zero-order chi connectivity index (χ0) is 19.2. The molecule has 1 N–H and O–H groups in total. The third-order valence-corrected chi connectivity index (χ3v) is 6.99. The molecule has 0 spiro atoms. The molecule has 1 atom stereocenters. The second kappa shape index (κ2) is 6.95. The molecule has 0 unspecified atom stereocenters. The van der Waals surface area contributed by atoms with Crippen LogP contribution in [0.25, 0.3) is 0 Å². The van der Waals surface area contributed by atoms with Gasteiger partial charge in [-0.25, -0.2) is 0 Å². The minimum absolute atomic E-state index is 0.0711. The van der Waals surface area contributed by atoms with Crippen LogP contribution >= 0.6 is 0 Å². The summed E-state index contributed by atoms with van der Waals surface area (Å²) in [6.45, 7) is -0.814. The van der Waals surface area contributed by atoms with E-state index in [4.69, 9.17) is 4.74 Å². The first-order valence-corrected chi connectivity index (χ1v) is 9.82. The zero-order valence-corrected chi connectivity index (χ0v) is 15.8. The lowest BCUT2D eigenvalue weighted by Crippen LogP contribution is -2.55. The average molecular weight is 379 g/mol. The Bertz CT molecular complexity index is 686. The van der Waals surface area contributed by atoms with E-state index < -0.39 is 6.61 Å². The highest BCUT2D eigenvalue weighted by Gasteiger charge is 2.53. The highest BCUT2D eigenvalue weighted by atomic mass is 19.3. The third-order valence-electron chi connectivity index (χ3n) is 6.99. The van der Waals surface area contributed by atoms with Crippen molar-refractivity contribution in [2.24, 2.45) is 23.2 Å². The fourth-order valence-corrected chi connectivity index (χ4v) is 6.14. The van der Waals surface area contributed by atoms with Gasteiger partial charge in [0.25, 0.3) is 5.91 Å². The molecule has 0 saturated heterocycles. The summed E-state index contributed by atoms with van der Waals surface area (Å²) >= 11 is 0. The standard InChI is InChI=1S/C21H27F2NO3/c1-12(21-9-13-5-14(10-21)7-15(6-13)11-21)24-19(25)16-3-4-17(27-20(22)23)18(8-16)26-2/h3-4,8,12-15,20H,5-7,9-11H2,1-2H3,(H,24,25)/t12-,13?,14?,15?,21?/m0/s1. The summed E-state index contributed by atoms with van der Waals surface area (Å²) in [5, 5.41) is 3.18. The van der Waals surface area contributed by atoms with Gasteiger partial charge < -0.3 is 14.8 Å². The Morgan fingerprint density at radius 1 is 1.11 bits per heavy atom. The second-order valence-corrected chi connectivity index (χ2v) is 8.72. The van der Waals surface area contributed by atoms with Gasteiger partial charge in [-0.15, -0.1) is 0 Å². The summed E-state index contributed by atoms with van der Waals surface area (Å²) in [7, 11) is 1.37. The number of alkyl halides is 2. The number of amides is 1. The summed E-state index contributed by atoms with van der Waals surface area (Å²) in [5.74, 6) is 2.33. The van der Waals surface area contributed by atoms with E-state index in [0.29, 0.717) is 5.56 Å². The van der Waals surface area contributed by atoms with Crippen molar-refractivity contribution in [1.29, 1.82) is 0 Å². The van der Waals surface area contributed by atoms with E-state index in [-0.39, 0.29) is 28.9 Å². The average Bonchev–Trinajstić information content (AvgIpc) is 2.60. The van der Waals surface area contributed by atoms with Crippen molar-refractivity contribution in [2.75, 3.05) is 7.11 Å². The number of carbonyl (C=O) groups is 1. The number of hydrogen-bond acceptors (Lipinski definition) is 3. The molecule has 1 amide bonds. The highest BCUT2D eigenvalue weighted by Crippen LogP contribution is 2.61. The maximum Gasteiger partial charge on any atom is 0.387 e. The van der Waals surface area contributed by atoms with E-state index in [1.807, 2.05) is 0 Å². The first kappa shape index (κ1) is 18.5. The first-order chi connectivity index (χ1) is 12.9. The lowest BCUT2D eigenvalue weighted by molar-refractivity contribution is -0.0688. The Labute approximate surface area is 158 Å². The Balaban J connectivity index is 1.47. The van der Waals surface area contributed by atoms with Crippen LogP contribution in [0.3, 0.4) is 0 Å². The van der Waals surface area contributed by atoms with E-state index in [2.05, 4.69) is 17.0 Å². The van der Waals surface area contributed by atoms with E-state index >= 15 is 0 Å². The SMILES string of the molecule is COc1cc(C(=O)N[C@@H](C)C23CC4CC(CC(C4)C2)C3)ccc1OC(F)F. The lowest BCUT2D eigenvalue weighted by atomic mass is 9.48. The number of hydrogen-bond donors (Lipinski definition) is 1. The van der Waals surface area contributed by atoms with Crippen LogP contribution in [0.5, 0.6) is 11.5 Å². The van der Waals surface area contributed by atoms with Gasteiger partial charge in [0.15, 0.2) is 11.5 Å². The van der Waals surface area contributed by atoms with Crippen LogP contribution in [0.15, 0.2) is 18.2 Å². The zero-order valence-electron chi connectivity index (χ0n) is 15.8. The number of benzene rings is 1. The Morgan fingerprint density at radius 2 is 1.70 bits per heavy atom. The normalized spacial score (nSPS) is 32.4. The minimum Gasteiger partial charge on any atom is -0.493 e. The third kappa shape index (κ3) is 3.50. The van der Waals surface area contributed by atoms with Crippen LogP contribution in [-0.4, -0.2) is 25.7 Å². The number of ether oxygens (including phenoxy) is 2. The number of halogens is 2. The number of rotatable bonds is 6. The molecule has 4 aliphatic carbocycles. The molecule has 1 aromatic carbocycles. The molecule has 6 heteroatoms. The fourth-order valence-electron chi connectivity index (χ4n) is 6.14. The first-order valence-electron chi connectivity index (χ1n) is 9.82. The van der Waals surface area contributed by atoms with E-state index in [0.717, 1.165) is 17.8 Å². The quantitative estimate of drug-likeness (QED) is 0.784. The molecule has 5 rings (SSSR count). The highest BCUT2D eigenvalue weighted by molar-refractivity contribution is 5.95. The van der Waals surface area contributed by atoms with Gasteiger partial charge in [-0.3, -0.25) is 4.79 Å². The fraction of sp³-hybridized carbons (Fsp3) is 0.667. The molecule has 4 fully saturated rings. The van der Waals surface area contributed by atoms with Crippen molar-refractivity contribution in [3.63, 3.8) is 0 Å². The van der Waals surface area contributed by atoms with Gasteiger partial charge in [-0.2, -0.15) is 8.78 Å². The molecule has 0 aromatic heterocycles. The van der Waals surface area contributed by atoms with E-state index in [1.54, 1.807) is 0 Å². The van der Waals surface area contributed by atoms with E-state index in [9.17, 15) is 13.6 Å². The maximum absolute atomic E-state index is 12.8. The van der Waals surface area contributed by atoms with Crippen LogP contribution in [0.4, 0.5) is 8.78 Å². The molecule has 0 heterocycles. The van der Waals surface area contributed by atoms with Crippen LogP contribution in [0.2, 0.25) is 0 Å². The monoisotopic (exact) mass is 379 g/mol. The Morgan fingerprint density at radius 3 is 2.22 bits per heavy atom. The number of nitrogens with one attached hydrogen (secondary N) is 1. The van der Waals surface area contributed by atoms with Gasteiger partial charge in [0, 0.05) is 11.6 Å². The summed E-state index contributed by atoms with van der Waals surface area (Å²) in [6.07, 6.45) is 7.73. The molecule has 4 saturated carbocycles. The molecule has 0 aliphatic heterocycles. The predicted molar refractivity (Wildman–Crippen MR) is 97.2 cm³/mol. The van der Waals surface area contributed by atoms with Crippen molar-refractivity contribution in [1.82, 2.24) is 5.32 Å². The smallest absolute Gasteiger partial charge is 0.387 e. The molecule has 4 bridgehead atoms. The van der Waals surface area contributed by atoms with Gasteiger partial charge in [0.2, 0.25) is 0 Å². The van der Waals surface area contributed by atoms with Gasteiger partial charge in [-0.1, -0.05) is 0 Å². The Kier molecular flexibility index (Phi) is 4.77. The predicted octanol–water partition coefficient (Wildman–Crippen LogP) is 4.63. The van der Waals surface area contributed by atoms with Crippen molar-refractivity contribution >= 4 is 5.91 Å². The summed E-state index contributed by atoms with van der Waals surface area (Å²) in [6, 6.07) is 4.41. The van der Waals surface area contributed by atoms with Gasteiger partial charge in [-0.05, 0) is 86.8 Å². The minimum atomic E-state index is -2.94. The molecule has 1 aromatic rings. The van der Waals surface area contributed by atoms with Crippen molar-refractivity contribution in [3.8, 4) is 11.5 Å². The van der Waals surface area contributed by atoms with Gasteiger partial charge in [0.1, 0.15) is 0 Å². The molecular weight excluding hydrogens is 352 g/mol. The molecule has 4 aliphatic rings. The van der Waals surface area contributed by atoms with Crippen molar-refractivity contribution in [2.45, 2.75) is 58.1 Å². The summed E-state index contributed by atoms with van der Waals surface area (Å²) in [4.78, 5) is 12.8. The second-order valence-electron chi connectivity index (χ2n) is 8.72. The molecular formula is C21H27F2NO3. The van der Waals surface area contributed by atoms with Crippen LogP contribution in [0, 0.1) is 23.2 Å². The van der Waals surface area contributed by atoms with Gasteiger partial charge in [0.05, 0.1) is 7.11 Å². The molecule has 148 valence electrons. The van der Waals surface area contributed by atoms with Crippen LogP contribution < -0.4 is 14.8 Å². The summed E-state index contributed by atoms with van der Waals surface area (Å²) < 4.78 is 34.5. The molecule has 4 nitrogen and oxygen atoms in total. The number of carbonyl (C=O) groups excluding carboxylic acids is 1. The Hall–Kier alpha value is -1.85. The maximum atomic E-state index is 12.8. The molecule has 0 radical (unpaired) electrons. The van der Waals surface area contributed by atoms with Crippen molar-refractivity contribution in [3.05, 3.63) is 23.8 Å². The van der Waals surface area contributed by atoms with Gasteiger partial charge >= 0.3 is 6.61 Å². The van der Waals surface area contributed by atoms with Crippen molar-refractivity contribution < 1.29 is 23.0 Å². The molecule has 27 heavy (non-hydrogen) atoms. The topological polar surface area (TPSA) is 47.6 Å².